The molecule has 0 aliphatic carbocycles. The van der Waals surface area contributed by atoms with Gasteiger partial charge in [0.1, 0.15) is 5.82 Å². The predicted octanol–water partition coefficient (Wildman–Crippen LogP) is 2.01. The highest BCUT2D eigenvalue weighted by atomic mass is 32.2. The average molecular weight is 470 g/mol. The van der Waals surface area contributed by atoms with Crippen molar-refractivity contribution < 1.29 is 18.2 Å². The Hall–Kier alpha value is -1.88. The molecule has 0 aromatic heterocycles. The average Bonchev–Trinajstić information content (AvgIpc) is 3.13. The zero-order chi connectivity index (χ0) is 23.7. The maximum absolute atomic E-state index is 13.0. The lowest BCUT2D eigenvalue weighted by molar-refractivity contribution is -0.124. The third-order valence-corrected chi connectivity index (χ3v) is 7.27. The number of amides is 2. The molecule has 4 unspecified atom stereocenters. The van der Waals surface area contributed by atoms with Crippen LogP contribution in [0, 0.1) is 11.7 Å². The monoisotopic (exact) mass is 469 g/mol. The molecule has 2 amide bonds. The molecule has 4 N–H and O–H groups in total. The predicted molar refractivity (Wildman–Crippen MR) is 125 cm³/mol. The summed E-state index contributed by atoms with van der Waals surface area (Å²) in [5.74, 6) is -1.20. The van der Waals surface area contributed by atoms with E-state index in [9.17, 15) is 18.2 Å². The Morgan fingerprint density at radius 1 is 1.16 bits per heavy atom. The molecule has 0 bridgehead atoms. The molecule has 8 nitrogen and oxygen atoms in total. The fourth-order valence-corrected chi connectivity index (χ4v) is 4.95. The number of nitrogens with zero attached hydrogens (tertiary/aromatic N) is 2. The number of hydrogen-bond donors (Lipinski definition) is 3. The minimum absolute atomic E-state index is 0.220. The fraction of sp³-hybridized carbons (Fsp3) is 0.636. The van der Waals surface area contributed by atoms with E-state index in [1.807, 2.05) is 4.31 Å². The van der Waals surface area contributed by atoms with E-state index < -0.39 is 23.3 Å². The SMILES string of the molecule is CCCCCN1CCN(C(C)C(=O)NCC(N)CC(C)C(=O)Nc2ccc(F)cc2)S1=O. The number of carbonyl (C=O) groups is 2. The van der Waals surface area contributed by atoms with Crippen molar-refractivity contribution in [2.75, 3.05) is 31.5 Å². The third kappa shape index (κ3) is 7.91. The van der Waals surface area contributed by atoms with Gasteiger partial charge in [0.25, 0.3) is 0 Å². The van der Waals surface area contributed by atoms with E-state index in [4.69, 9.17) is 5.73 Å². The second-order valence-corrected chi connectivity index (χ2v) is 9.77. The molecule has 1 aliphatic rings. The van der Waals surface area contributed by atoms with Gasteiger partial charge in [-0.3, -0.25) is 9.59 Å². The smallest absolute Gasteiger partial charge is 0.238 e. The minimum atomic E-state index is -1.31. The maximum Gasteiger partial charge on any atom is 0.238 e. The topological polar surface area (TPSA) is 108 Å². The van der Waals surface area contributed by atoms with Crippen LogP contribution in [0.2, 0.25) is 0 Å². The molecule has 4 atom stereocenters. The number of nitrogens with two attached hydrogens (primary N) is 1. The highest BCUT2D eigenvalue weighted by Gasteiger charge is 2.34. The Labute approximate surface area is 192 Å². The quantitative estimate of drug-likeness (QED) is 0.407. The van der Waals surface area contributed by atoms with Crippen LogP contribution in [0.15, 0.2) is 24.3 Å². The highest BCUT2D eigenvalue weighted by molar-refractivity contribution is 7.80. The Kier molecular flexibility index (Phi) is 10.7. The molecule has 180 valence electrons. The molecule has 1 aliphatic heterocycles. The van der Waals surface area contributed by atoms with E-state index in [-0.39, 0.29) is 30.1 Å². The standard InChI is InChI=1S/C22H36FN5O3S/c1-4-5-6-11-27-12-13-28(32(27)31)17(3)22(30)25-15-19(24)14-16(2)21(29)26-20-9-7-18(23)8-10-20/h7-10,16-17,19H,4-6,11-15,24H2,1-3H3,(H,25,30)(H,26,29). The van der Waals surface area contributed by atoms with E-state index in [1.165, 1.54) is 24.3 Å². The summed E-state index contributed by atoms with van der Waals surface area (Å²) >= 11 is -1.31. The summed E-state index contributed by atoms with van der Waals surface area (Å²) in [7, 11) is 0. The number of unbranched alkanes of at least 4 members (excludes halogenated alkanes) is 2. The van der Waals surface area contributed by atoms with Crippen molar-refractivity contribution in [3.05, 3.63) is 30.1 Å². The summed E-state index contributed by atoms with van der Waals surface area (Å²) in [6.45, 7) is 7.89. The second-order valence-electron chi connectivity index (χ2n) is 8.32. The van der Waals surface area contributed by atoms with Crippen LogP contribution in [0.25, 0.3) is 0 Å². The molecule has 1 aromatic carbocycles. The number of halogens is 1. The van der Waals surface area contributed by atoms with Gasteiger partial charge in [-0.1, -0.05) is 26.7 Å². The summed E-state index contributed by atoms with van der Waals surface area (Å²) < 4.78 is 29.3. The van der Waals surface area contributed by atoms with E-state index in [1.54, 1.807) is 18.2 Å². The zero-order valence-electron chi connectivity index (χ0n) is 19.2. The molecule has 0 saturated carbocycles. The molecule has 32 heavy (non-hydrogen) atoms. The van der Waals surface area contributed by atoms with Crippen LogP contribution in [0.5, 0.6) is 0 Å². The summed E-state index contributed by atoms with van der Waals surface area (Å²) in [5.41, 5.74) is 6.63. The van der Waals surface area contributed by atoms with Gasteiger partial charge >= 0.3 is 0 Å². The van der Waals surface area contributed by atoms with Crippen molar-refractivity contribution in [2.45, 2.75) is 58.5 Å². The normalized spacial score (nSPS) is 20.0. The van der Waals surface area contributed by atoms with Gasteiger partial charge in [0.2, 0.25) is 11.8 Å². The number of nitrogens with one attached hydrogen (secondary N) is 2. The molecule has 1 saturated heterocycles. The van der Waals surface area contributed by atoms with Crippen molar-refractivity contribution >= 4 is 28.7 Å². The lowest BCUT2D eigenvalue weighted by Gasteiger charge is -2.24. The summed E-state index contributed by atoms with van der Waals surface area (Å²) in [4.78, 5) is 24.9. The van der Waals surface area contributed by atoms with Crippen LogP contribution >= 0.6 is 0 Å². The van der Waals surface area contributed by atoms with Crippen molar-refractivity contribution in [1.82, 2.24) is 13.9 Å². The lowest BCUT2D eigenvalue weighted by Crippen LogP contribution is -2.48. The molecule has 10 heteroatoms. The van der Waals surface area contributed by atoms with Crippen LogP contribution in [-0.2, 0) is 20.8 Å². The van der Waals surface area contributed by atoms with Crippen molar-refractivity contribution in [3.8, 4) is 0 Å². The summed E-state index contributed by atoms with van der Waals surface area (Å²) in [5, 5.41) is 5.54. The molecule has 0 spiro atoms. The van der Waals surface area contributed by atoms with Gasteiger partial charge in [-0.2, -0.15) is 4.31 Å². The summed E-state index contributed by atoms with van der Waals surface area (Å²) in [6.07, 6.45) is 3.58. The van der Waals surface area contributed by atoms with Crippen LogP contribution in [-0.4, -0.2) is 62.9 Å². The maximum atomic E-state index is 13.0. The Morgan fingerprint density at radius 3 is 2.50 bits per heavy atom. The Balaban J connectivity index is 1.73. The van der Waals surface area contributed by atoms with Crippen LogP contribution < -0.4 is 16.4 Å². The molecule has 1 aromatic rings. The van der Waals surface area contributed by atoms with Gasteiger partial charge in [0, 0.05) is 43.8 Å². The number of rotatable bonds is 12. The van der Waals surface area contributed by atoms with E-state index in [0.717, 1.165) is 25.8 Å². The number of carbonyl (C=O) groups excluding carboxylic acids is 2. The third-order valence-electron chi connectivity index (χ3n) is 5.57. The lowest BCUT2D eigenvalue weighted by atomic mass is 10.0. The first-order chi connectivity index (χ1) is 15.2. The van der Waals surface area contributed by atoms with Gasteiger partial charge in [0.05, 0.1) is 6.04 Å². The van der Waals surface area contributed by atoms with Crippen molar-refractivity contribution in [2.24, 2.45) is 11.7 Å². The Morgan fingerprint density at radius 2 is 1.84 bits per heavy atom. The van der Waals surface area contributed by atoms with E-state index in [2.05, 4.69) is 17.6 Å². The van der Waals surface area contributed by atoms with Gasteiger partial charge in [-0.15, -0.1) is 0 Å². The van der Waals surface area contributed by atoms with Crippen molar-refractivity contribution in [3.63, 3.8) is 0 Å². The van der Waals surface area contributed by atoms with E-state index >= 15 is 0 Å². The fourth-order valence-electron chi connectivity index (χ4n) is 3.52. The number of benzene rings is 1. The molecular formula is C22H36FN5O3S. The van der Waals surface area contributed by atoms with Crippen LogP contribution in [0.4, 0.5) is 10.1 Å². The number of hydrogen-bond acceptors (Lipinski definition) is 4. The second kappa shape index (κ2) is 13.0. The first-order valence-corrected chi connectivity index (χ1v) is 12.3. The summed E-state index contributed by atoms with van der Waals surface area (Å²) in [6, 6.07) is 4.61. The number of anilines is 1. The Bertz CT molecular complexity index is 779. The van der Waals surface area contributed by atoms with Gasteiger partial charge in [-0.05, 0) is 44.0 Å². The van der Waals surface area contributed by atoms with E-state index in [0.29, 0.717) is 25.2 Å². The first-order valence-electron chi connectivity index (χ1n) is 11.3. The molecule has 1 heterocycles. The van der Waals surface area contributed by atoms with Gasteiger partial charge in [-0.25, -0.2) is 12.9 Å². The van der Waals surface area contributed by atoms with Crippen molar-refractivity contribution in [1.29, 1.82) is 0 Å². The van der Waals surface area contributed by atoms with Gasteiger partial charge in [0.15, 0.2) is 11.2 Å². The largest absolute Gasteiger partial charge is 0.353 e. The van der Waals surface area contributed by atoms with Gasteiger partial charge < -0.3 is 16.4 Å². The van der Waals surface area contributed by atoms with Crippen LogP contribution in [0.3, 0.4) is 0 Å². The molecular weight excluding hydrogens is 433 g/mol. The molecule has 2 rings (SSSR count). The minimum Gasteiger partial charge on any atom is -0.353 e. The zero-order valence-corrected chi connectivity index (χ0v) is 20.0. The molecule has 0 radical (unpaired) electrons. The van der Waals surface area contributed by atoms with Crippen LogP contribution in [0.1, 0.15) is 46.5 Å². The molecule has 1 fully saturated rings. The highest BCUT2D eigenvalue weighted by Crippen LogP contribution is 2.17. The first kappa shape index (κ1) is 26.4.